The molecule has 0 aliphatic carbocycles. The summed E-state index contributed by atoms with van der Waals surface area (Å²) in [5.41, 5.74) is 4.32. The van der Waals surface area contributed by atoms with Crippen LogP contribution in [-0.2, 0) is 0 Å². The Hall–Kier alpha value is -0.470. The van der Waals surface area contributed by atoms with Gasteiger partial charge in [0.05, 0.1) is 0 Å². The molecule has 2 unspecified atom stereocenters. The van der Waals surface area contributed by atoms with E-state index in [-0.39, 0.29) is 0 Å². The lowest BCUT2D eigenvalue weighted by Crippen LogP contribution is -2.36. The molecule has 0 bridgehead atoms. The monoisotopic (exact) mass is 249 g/mol. The fourth-order valence-electron chi connectivity index (χ4n) is 2.90. The number of nitrogens with one attached hydrogen (secondary N) is 1. The van der Waals surface area contributed by atoms with Crippen LogP contribution in [0.15, 0.2) is 18.2 Å². The second kappa shape index (κ2) is 5.03. The highest BCUT2D eigenvalue weighted by Crippen LogP contribution is 2.47. The molecule has 2 heteroatoms. The van der Waals surface area contributed by atoms with Crippen LogP contribution in [0.4, 0.5) is 0 Å². The van der Waals surface area contributed by atoms with Gasteiger partial charge in [0.15, 0.2) is 0 Å². The van der Waals surface area contributed by atoms with Crippen molar-refractivity contribution in [1.29, 1.82) is 0 Å². The fourth-order valence-corrected chi connectivity index (χ4v) is 4.36. The van der Waals surface area contributed by atoms with E-state index >= 15 is 0 Å². The van der Waals surface area contributed by atoms with E-state index in [4.69, 9.17) is 0 Å². The topological polar surface area (TPSA) is 12.0 Å². The van der Waals surface area contributed by atoms with Crippen LogP contribution in [0, 0.1) is 13.8 Å². The Labute approximate surface area is 109 Å². The maximum Gasteiger partial charge on any atom is 0.0466 e. The molecule has 1 heterocycles. The van der Waals surface area contributed by atoms with E-state index in [0.29, 0.717) is 10.8 Å². The molecule has 17 heavy (non-hydrogen) atoms. The molecule has 0 spiro atoms. The van der Waals surface area contributed by atoms with Crippen molar-refractivity contribution in [2.24, 2.45) is 0 Å². The first-order valence-electron chi connectivity index (χ1n) is 6.46. The van der Waals surface area contributed by atoms with E-state index < -0.39 is 0 Å². The zero-order valence-electron chi connectivity index (χ0n) is 11.3. The van der Waals surface area contributed by atoms with Crippen molar-refractivity contribution in [1.82, 2.24) is 5.32 Å². The average Bonchev–Trinajstić information content (AvgIpc) is 2.73. The van der Waals surface area contributed by atoms with Crippen molar-refractivity contribution >= 4 is 11.8 Å². The van der Waals surface area contributed by atoms with Gasteiger partial charge in [-0.05, 0) is 63.1 Å². The molecule has 0 saturated carbocycles. The first-order chi connectivity index (χ1) is 8.08. The van der Waals surface area contributed by atoms with Gasteiger partial charge in [-0.1, -0.05) is 18.2 Å². The smallest absolute Gasteiger partial charge is 0.0466 e. The van der Waals surface area contributed by atoms with Gasteiger partial charge < -0.3 is 5.32 Å². The van der Waals surface area contributed by atoms with Crippen LogP contribution >= 0.6 is 11.8 Å². The van der Waals surface area contributed by atoms with E-state index in [1.807, 2.05) is 0 Å². The molecular weight excluding hydrogens is 226 g/mol. The Bertz CT molecular complexity index is 394. The van der Waals surface area contributed by atoms with Crippen molar-refractivity contribution in [3.05, 3.63) is 34.9 Å². The zero-order valence-corrected chi connectivity index (χ0v) is 12.2. The Morgan fingerprint density at radius 2 is 2.12 bits per heavy atom. The van der Waals surface area contributed by atoms with Gasteiger partial charge in [-0.3, -0.25) is 0 Å². The van der Waals surface area contributed by atoms with Crippen molar-refractivity contribution in [2.45, 2.75) is 44.4 Å². The number of thioether (sulfide) groups is 1. The van der Waals surface area contributed by atoms with Gasteiger partial charge in [0, 0.05) is 10.8 Å². The molecule has 0 aromatic heterocycles. The van der Waals surface area contributed by atoms with Gasteiger partial charge in [0.1, 0.15) is 0 Å². The number of aryl methyl sites for hydroxylation is 1. The van der Waals surface area contributed by atoms with E-state index in [0.717, 1.165) is 0 Å². The second-order valence-electron chi connectivity index (χ2n) is 5.28. The Morgan fingerprint density at radius 1 is 1.35 bits per heavy atom. The molecule has 1 aliphatic heterocycles. The van der Waals surface area contributed by atoms with Gasteiger partial charge in [0.2, 0.25) is 0 Å². The quantitative estimate of drug-likeness (QED) is 0.873. The van der Waals surface area contributed by atoms with Crippen LogP contribution in [0.1, 0.15) is 42.5 Å². The molecule has 1 aliphatic rings. The number of benzene rings is 1. The van der Waals surface area contributed by atoms with E-state index in [1.165, 1.54) is 35.3 Å². The summed E-state index contributed by atoms with van der Waals surface area (Å²) in [5, 5.41) is 3.55. The summed E-state index contributed by atoms with van der Waals surface area (Å²) in [6.07, 6.45) is 2.67. The minimum atomic E-state index is 0.354. The van der Waals surface area contributed by atoms with Crippen LogP contribution in [-0.4, -0.2) is 17.5 Å². The van der Waals surface area contributed by atoms with Crippen LogP contribution in [0.2, 0.25) is 0 Å². The SMILES string of the molecule is CNC(c1cccc(C)c1C)C1(C)CCCS1. The van der Waals surface area contributed by atoms with Gasteiger partial charge in [-0.25, -0.2) is 0 Å². The first-order valence-corrected chi connectivity index (χ1v) is 7.44. The Kier molecular flexibility index (Phi) is 3.84. The summed E-state index contributed by atoms with van der Waals surface area (Å²) in [5.74, 6) is 1.31. The molecule has 1 N–H and O–H groups in total. The summed E-state index contributed by atoms with van der Waals surface area (Å²) >= 11 is 2.12. The highest BCUT2D eigenvalue weighted by molar-refractivity contribution is 8.00. The molecule has 1 nitrogen and oxygen atoms in total. The predicted octanol–water partition coefficient (Wildman–Crippen LogP) is 3.85. The molecule has 0 amide bonds. The van der Waals surface area contributed by atoms with Crippen molar-refractivity contribution in [2.75, 3.05) is 12.8 Å². The third-order valence-corrected chi connectivity index (χ3v) is 5.70. The van der Waals surface area contributed by atoms with Crippen molar-refractivity contribution in [3.63, 3.8) is 0 Å². The lowest BCUT2D eigenvalue weighted by atomic mass is 9.87. The molecule has 1 aromatic carbocycles. The lowest BCUT2D eigenvalue weighted by molar-refractivity contribution is 0.439. The standard InChI is InChI=1S/C15H23NS/c1-11-7-5-8-13(12(11)2)14(16-4)15(3)9-6-10-17-15/h5,7-8,14,16H,6,9-10H2,1-4H3. The number of hydrogen-bond donors (Lipinski definition) is 1. The zero-order chi connectivity index (χ0) is 12.5. The molecule has 2 atom stereocenters. The van der Waals surface area contributed by atoms with Gasteiger partial charge in [-0.15, -0.1) is 0 Å². The van der Waals surface area contributed by atoms with E-state index in [9.17, 15) is 0 Å². The van der Waals surface area contributed by atoms with Crippen molar-refractivity contribution in [3.8, 4) is 0 Å². The average molecular weight is 249 g/mol. The van der Waals surface area contributed by atoms with Crippen molar-refractivity contribution < 1.29 is 0 Å². The predicted molar refractivity (Wildman–Crippen MR) is 77.8 cm³/mol. The van der Waals surface area contributed by atoms with Gasteiger partial charge in [-0.2, -0.15) is 11.8 Å². The minimum Gasteiger partial charge on any atom is -0.312 e. The molecule has 0 radical (unpaired) electrons. The summed E-state index contributed by atoms with van der Waals surface area (Å²) in [6.45, 7) is 6.86. The molecule has 1 saturated heterocycles. The van der Waals surface area contributed by atoms with Crippen LogP contribution < -0.4 is 5.32 Å². The normalized spacial score (nSPS) is 26.1. The molecule has 1 fully saturated rings. The maximum atomic E-state index is 3.55. The molecule has 94 valence electrons. The fraction of sp³-hybridized carbons (Fsp3) is 0.600. The summed E-state index contributed by atoms with van der Waals surface area (Å²) in [6, 6.07) is 7.14. The van der Waals surface area contributed by atoms with Crippen LogP contribution in [0.3, 0.4) is 0 Å². The minimum absolute atomic E-state index is 0.354. The van der Waals surface area contributed by atoms with Gasteiger partial charge >= 0.3 is 0 Å². The van der Waals surface area contributed by atoms with Gasteiger partial charge in [0.25, 0.3) is 0 Å². The highest BCUT2D eigenvalue weighted by atomic mass is 32.2. The maximum absolute atomic E-state index is 3.55. The third-order valence-electron chi connectivity index (χ3n) is 4.11. The lowest BCUT2D eigenvalue weighted by Gasteiger charge is -2.34. The van der Waals surface area contributed by atoms with Crippen LogP contribution in [0.5, 0.6) is 0 Å². The Balaban J connectivity index is 2.38. The highest BCUT2D eigenvalue weighted by Gasteiger charge is 2.38. The number of rotatable bonds is 3. The largest absolute Gasteiger partial charge is 0.312 e. The van der Waals surface area contributed by atoms with E-state index in [2.05, 4.69) is 63.1 Å². The summed E-state index contributed by atoms with van der Waals surface area (Å²) < 4.78 is 0.354. The summed E-state index contributed by atoms with van der Waals surface area (Å²) in [4.78, 5) is 0. The third kappa shape index (κ3) is 2.38. The van der Waals surface area contributed by atoms with Crippen LogP contribution in [0.25, 0.3) is 0 Å². The second-order valence-corrected chi connectivity index (χ2v) is 6.91. The molecule has 2 rings (SSSR count). The summed E-state index contributed by atoms with van der Waals surface area (Å²) in [7, 11) is 2.09. The number of hydrogen-bond acceptors (Lipinski definition) is 2. The Morgan fingerprint density at radius 3 is 2.71 bits per heavy atom. The molecule has 1 aromatic rings. The first kappa shape index (κ1) is 13.0. The molecular formula is C15H23NS. The van der Waals surface area contributed by atoms with E-state index in [1.54, 1.807) is 0 Å².